The van der Waals surface area contributed by atoms with Crippen molar-refractivity contribution in [2.24, 2.45) is 0 Å². The Morgan fingerprint density at radius 1 is 1.43 bits per heavy atom. The number of anilines is 1. The van der Waals surface area contributed by atoms with Crippen LogP contribution in [0.5, 0.6) is 0 Å². The van der Waals surface area contributed by atoms with Crippen molar-refractivity contribution in [2.75, 3.05) is 24.1 Å². The predicted octanol–water partition coefficient (Wildman–Crippen LogP) is 2.04. The highest BCUT2D eigenvalue weighted by Crippen LogP contribution is 2.21. The van der Waals surface area contributed by atoms with E-state index < -0.39 is 10.0 Å². The molecule has 2 rings (SSSR count). The minimum atomic E-state index is -3.33. The standard InChI is InChI=1S/C14H18N2O4S/c1-3-4-11-5-6-13(15-21(2,18)19)9-12(11)10-16-7-8-20-14(16)17/h3-6,9,15H,7-8,10H2,1-2H3. The van der Waals surface area contributed by atoms with Crippen LogP contribution in [0, 0.1) is 0 Å². The summed E-state index contributed by atoms with van der Waals surface area (Å²) in [5.74, 6) is 0. The van der Waals surface area contributed by atoms with Crippen LogP contribution < -0.4 is 4.72 Å². The second-order valence-electron chi connectivity index (χ2n) is 4.82. The molecular weight excluding hydrogens is 292 g/mol. The van der Waals surface area contributed by atoms with Crippen LogP contribution >= 0.6 is 0 Å². The number of cyclic esters (lactones) is 1. The number of rotatable bonds is 5. The van der Waals surface area contributed by atoms with Crippen LogP contribution in [-0.4, -0.2) is 38.8 Å². The zero-order valence-electron chi connectivity index (χ0n) is 12.0. The fraction of sp³-hybridized carbons (Fsp3) is 0.357. The van der Waals surface area contributed by atoms with Crippen LogP contribution in [0.2, 0.25) is 0 Å². The van der Waals surface area contributed by atoms with Gasteiger partial charge in [-0.15, -0.1) is 0 Å². The molecule has 114 valence electrons. The third-order valence-corrected chi connectivity index (χ3v) is 3.61. The summed E-state index contributed by atoms with van der Waals surface area (Å²) in [6.45, 7) is 3.21. The number of hydrogen-bond donors (Lipinski definition) is 1. The number of nitrogens with one attached hydrogen (secondary N) is 1. The maximum atomic E-state index is 11.5. The molecule has 0 aromatic heterocycles. The van der Waals surface area contributed by atoms with Crippen molar-refractivity contribution in [3.63, 3.8) is 0 Å². The van der Waals surface area contributed by atoms with Crippen molar-refractivity contribution in [1.82, 2.24) is 4.90 Å². The summed E-state index contributed by atoms with van der Waals surface area (Å²) < 4.78 is 30.0. The normalized spacial score (nSPS) is 15.5. The summed E-state index contributed by atoms with van der Waals surface area (Å²) in [4.78, 5) is 13.1. The molecule has 0 unspecified atom stereocenters. The zero-order chi connectivity index (χ0) is 15.5. The van der Waals surface area contributed by atoms with Crippen molar-refractivity contribution >= 4 is 27.9 Å². The number of hydrogen-bond acceptors (Lipinski definition) is 4. The van der Waals surface area contributed by atoms with Gasteiger partial charge in [0, 0.05) is 12.2 Å². The molecule has 21 heavy (non-hydrogen) atoms. The van der Waals surface area contributed by atoms with Gasteiger partial charge in [-0.25, -0.2) is 13.2 Å². The van der Waals surface area contributed by atoms with Crippen molar-refractivity contribution in [2.45, 2.75) is 13.5 Å². The van der Waals surface area contributed by atoms with Gasteiger partial charge in [-0.05, 0) is 30.2 Å². The third-order valence-electron chi connectivity index (χ3n) is 3.00. The molecule has 0 spiro atoms. The zero-order valence-corrected chi connectivity index (χ0v) is 12.8. The van der Waals surface area contributed by atoms with Gasteiger partial charge in [-0.3, -0.25) is 4.72 Å². The predicted molar refractivity (Wildman–Crippen MR) is 81.4 cm³/mol. The van der Waals surface area contributed by atoms with Gasteiger partial charge in [-0.2, -0.15) is 0 Å². The van der Waals surface area contributed by atoms with E-state index in [2.05, 4.69) is 4.72 Å². The van der Waals surface area contributed by atoms with E-state index in [9.17, 15) is 13.2 Å². The molecule has 1 N–H and O–H groups in total. The van der Waals surface area contributed by atoms with Crippen molar-refractivity contribution in [1.29, 1.82) is 0 Å². The number of sulfonamides is 1. The molecule has 1 heterocycles. The Morgan fingerprint density at radius 3 is 2.76 bits per heavy atom. The van der Waals surface area contributed by atoms with E-state index in [-0.39, 0.29) is 6.09 Å². The second-order valence-corrected chi connectivity index (χ2v) is 6.57. The Labute approximate surface area is 124 Å². The molecule has 0 aliphatic carbocycles. The SMILES string of the molecule is CC=Cc1ccc(NS(C)(=O)=O)cc1CN1CCOC1=O. The molecule has 1 amide bonds. The van der Waals surface area contributed by atoms with Crippen LogP contribution in [0.4, 0.5) is 10.5 Å². The quantitative estimate of drug-likeness (QED) is 0.903. The maximum Gasteiger partial charge on any atom is 0.410 e. The first kappa shape index (κ1) is 15.4. The Morgan fingerprint density at radius 2 is 2.19 bits per heavy atom. The molecule has 1 fully saturated rings. The van der Waals surface area contributed by atoms with Gasteiger partial charge in [0.15, 0.2) is 0 Å². The highest BCUT2D eigenvalue weighted by atomic mass is 32.2. The van der Waals surface area contributed by atoms with Gasteiger partial charge < -0.3 is 9.64 Å². The fourth-order valence-corrected chi connectivity index (χ4v) is 2.69. The minimum absolute atomic E-state index is 0.345. The van der Waals surface area contributed by atoms with Gasteiger partial charge in [-0.1, -0.05) is 18.2 Å². The largest absolute Gasteiger partial charge is 0.448 e. The summed E-state index contributed by atoms with van der Waals surface area (Å²) in [6.07, 6.45) is 4.57. The third kappa shape index (κ3) is 4.22. The molecule has 0 radical (unpaired) electrons. The molecule has 7 heteroatoms. The van der Waals surface area contributed by atoms with E-state index in [4.69, 9.17) is 4.74 Å². The molecule has 0 saturated carbocycles. The van der Waals surface area contributed by atoms with Gasteiger partial charge in [0.05, 0.1) is 12.8 Å². The first-order chi connectivity index (χ1) is 9.89. The number of allylic oxidation sites excluding steroid dienone is 1. The fourth-order valence-electron chi connectivity index (χ4n) is 2.14. The molecule has 6 nitrogen and oxygen atoms in total. The van der Waals surface area contributed by atoms with Crippen molar-refractivity contribution < 1.29 is 17.9 Å². The first-order valence-electron chi connectivity index (χ1n) is 6.54. The second kappa shape index (κ2) is 6.17. The van der Waals surface area contributed by atoms with E-state index in [1.165, 1.54) is 0 Å². The van der Waals surface area contributed by atoms with Crippen LogP contribution in [0.25, 0.3) is 6.08 Å². The lowest BCUT2D eigenvalue weighted by Crippen LogP contribution is -2.24. The summed E-state index contributed by atoms with van der Waals surface area (Å²) in [6, 6.07) is 5.26. The van der Waals surface area contributed by atoms with E-state index in [1.807, 2.05) is 25.1 Å². The molecule has 1 aromatic carbocycles. The van der Waals surface area contributed by atoms with Gasteiger partial charge in [0.1, 0.15) is 6.61 Å². The number of ether oxygens (including phenoxy) is 1. The molecule has 1 saturated heterocycles. The monoisotopic (exact) mass is 310 g/mol. The Bertz CT molecular complexity index is 668. The molecule has 1 aliphatic heterocycles. The van der Waals surface area contributed by atoms with Crippen LogP contribution in [-0.2, 0) is 21.3 Å². The van der Waals surface area contributed by atoms with Crippen LogP contribution in [0.15, 0.2) is 24.3 Å². The smallest absolute Gasteiger partial charge is 0.410 e. The lowest BCUT2D eigenvalue weighted by atomic mass is 10.1. The molecule has 1 aromatic rings. The number of nitrogens with zero attached hydrogens (tertiary/aromatic N) is 1. The maximum absolute atomic E-state index is 11.5. The van der Waals surface area contributed by atoms with E-state index in [1.54, 1.807) is 17.0 Å². The highest BCUT2D eigenvalue weighted by molar-refractivity contribution is 7.92. The molecule has 0 bridgehead atoms. The van der Waals surface area contributed by atoms with Crippen LogP contribution in [0.3, 0.4) is 0 Å². The van der Waals surface area contributed by atoms with Crippen molar-refractivity contribution in [3.8, 4) is 0 Å². The summed E-state index contributed by atoms with van der Waals surface area (Å²) >= 11 is 0. The molecule has 0 atom stereocenters. The minimum Gasteiger partial charge on any atom is -0.448 e. The van der Waals surface area contributed by atoms with Gasteiger partial charge >= 0.3 is 6.09 Å². The summed E-state index contributed by atoms with van der Waals surface area (Å²) in [7, 11) is -3.33. The van der Waals surface area contributed by atoms with E-state index in [0.717, 1.165) is 17.4 Å². The Kier molecular flexibility index (Phi) is 4.52. The lowest BCUT2D eigenvalue weighted by molar-refractivity contribution is 0.157. The van der Waals surface area contributed by atoms with E-state index >= 15 is 0 Å². The average Bonchev–Trinajstić information content (AvgIpc) is 2.77. The molecule has 1 aliphatic rings. The number of carbonyl (C=O) groups is 1. The summed E-state index contributed by atoms with van der Waals surface area (Å²) in [5, 5.41) is 0. The molecular formula is C14H18N2O4S. The Hall–Kier alpha value is -2.02. The highest BCUT2D eigenvalue weighted by Gasteiger charge is 2.22. The topological polar surface area (TPSA) is 75.7 Å². The number of carbonyl (C=O) groups excluding carboxylic acids is 1. The lowest BCUT2D eigenvalue weighted by Gasteiger charge is -2.16. The number of amides is 1. The summed E-state index contributed by atoms with van der Waals surface area (Å²) in [5.41, 5.74) is 2.28. The van der Waals surface area contributed by atoms with Gasteiger partial charge in [0.25, 0.3) is 0 Å². The number of benzene rings is 1. The average molecular weight is 310 g/mol. The van der Waals surface area contributed by atoms with Gasteiger partial charge in [0.2, 0.25) is 10.0 Å². The Balaban J connectivity index is 2.30. The van der Waals surface area contributed by atoms with Crippen LogP contribution in [0.1, 0.15) is 18.1 Å². The first-order valence-corrected chi connectivity index (χ1v) is 8.43. The van der Waals surface area contributed by atoms with E-state index in [0.29, 0.717) is 25.4 Å². The van der Waals surface area contributed by atoms with Crippen molar-refractivity contribution in [3.05, 3.63) is 35.4 Å².